The molecule has 196 valence electrons. The van der Waals surface area contributed by atoms with Crippen molar-refractivity contribution in [3.05, 3.63) is 78.4 Å². The predicted molar refractivity (Wildman–Crippen MR) is 144 cm³/mol. The number of sulfonamides is 1. The minimum atomic E-state index is -4.10. The van der Waals surface area contributed by atoms with Gasteiger partial charge in [0, 0.05) is 25.4 Å². The highest BCUT2D eigenvalue weighted by Gasteiger charge is 2.29. The van der Waals surface area contributed by atoms with Crippen LogP contribution in [0.5, 0.6) is 0 Å². The summed E-state index contributed by atoms with van der Waals surface area (Å²) in [5.41, 5.74) is 12.0. The van der Waals surface area contributed by atoms with E-state index in [0.29, 0.717) is 18.4 Å². The lowest BCUT2D eigenvalue weighted by Gasteiger charge is -2.22. The number of hydrogen-bond donors (Lipinski definition) is 5. The highest BCUT2D eigenvalue weighted by atomic mass is 32.2. The molecule has 0 saturated heterocycles. The van der Waals surface area contributed by atoms with E-state index in [4.69, 9.17) is 11.5 Å². The summed E-state index contributed by atoms with van der Waals surface area (Å²) in [5, 5.41) is 6.79. The van der Waals surface area contributed by atoms with Gasteiger partial charge in [0.2, 0.25) is 21.8 Å². The Morgan fingerprint density at radius 3 is 2.30 bits per heavy atom. The van der Waals surface area contributed by atoms with Crippen LogP contribution in [0.1, 0.15) is 18.4 Å². The fourth-order valence-corrected chi connectivity index (χ4v) is 5.33. The molecule has 0 aliphatic heterocycles. The van der Waals surface area contributed by atoms with Crippen LogP contribution in [0, 0.1) is 0 Å². The lowest BCUT2D eigenvalue weighted by Crippen LogP contribution is -2.53. The lowest BCUT2D eigenvalue weighted by atomic mass is 10.0. The smallest absolute Gasteiger partial charge is 0.241 e. The predicted octanol–water partition coefficient (Wildman–Crippen LogP) is 1.01. The molecule has 0 aliphatic rings. The third kappa shape index (κ3) is 7.76. The zero-order valence-electron chi connectivity index (χ0n) is 20.6. The number of nitrogens with one attached hydrogen (secondary N) is 3. The summed E-state index contributed by atoms with van der Waals surface area (Å²) < 4.78 is 29.4. The van der Waals surface area contributed by atoms with Gasteiger partial charge >= 0.3 is 0 Å². The van der Waals surface area contributed by atoms with Gasteiger partial charge in [0.15, 0.2) is 5.96 Å². The number of primary amides is 1. The molecule has 0 unspecified atom stereocenters. The number of hydrogen-bond acceptors (Lipinski definition) is 5. The average Bonchev–Trinajstić information content (AvgIpc) is 2.89. The first-order chi connectivity index (χ1) is 17.7. The van der Waals surface area contributed by atoms with Crippen LogP contribution in [-0.4, -0.2) is 51.9 Å². The summed E-state index contributed by atoms with van der Waals surface area (Å²) in [6.07, 6.45) is 0.707. The highest BCUT2D eigenvalue weighted by Crippen LogP contribution is 2.23. The molecule has 0 spiro atoms. The third-order valence-electron chi connectivity index (χ3n) is 5.81. The molecular weight excluding hydrogens is 492 g/mol. The van der Waals surface area contributed by atoms with Gasteiger partial charge in [-0.25, -0.2) is 8.42 Å². The molecule has 0 bridgehead atoms. The van der Waals surface area contributed by atoms with Crippen LogP contribution < -0.4 is 26.8 Å². The monoisotopic (exact) mass is 524 g/mol. The van der Waals surface area contributed by atoms with Crippen molar-refractivity contribution < 1.29 is 18.0 Å². The van der Waals surface area contributed by atoms with E-state index in [2.05, 4.69) is 20.3 Å². The van der Waals surface area contributed by atoms with Gasteiger partial charge in [0.25, 0.3) is 0 Å². The van der Waals surface area contributed by atoms with E-state index in [1.807, 2.05) is 48.5 Å². The topological polar surface area (TPSA) is 169 Å². The maximum Gasteiger partial charge on any atom is 0.241 e. The Kier molecular flexibility index (Phi) is 9.58. The summed E-state index contributed by atoms with van der Waals surface area (Å²) in [5.74, 6) is -1.14. The van der Waals surface area contributed by atoms with Gasteiger partial charge in [-0.1, -0.05) is 66.7 Å². The van der Waals surface area contributed by atoms with Crippen molar-refractivity contribution in [2.24, 2.45) is 16.5 Å². The van der Waals surface area contributed by atoms with E-state index < -0.39 is 33.9 Å². The van der Waals surface area contributed by atoms with Crippen LogP contribution in [-0.2, 0) is 26.0 Å². The van der Waals surface area contributed by atoms with E-state index in [0.717, 1.165) is 10.9 Å². The van der Waals surface area contributed by atoms with Crippen molar-refractivity contribution >= 4 is 38.6 Å². The van der Waals surface area contributed by atoms with Gasteiger partial charge in [-0.3, -0.25) is 14.6 Å². The number of aliphatic imine (C=N–C) groups is 1. The zero-order chi connectivity index (χ0) is 26.8. The Morgan fingerprint density at radius 2 is 1.59 bits per heavy atom. The SMILES string of the molecule is CN=C(N)NCCC[C@@H](NS(=O)(=O)c1cccc2ccccc12)C(=O)N[C@@H](Cc1ccccc1)C(N)=O. The van der Waals surface area contributed by atoms with Crippen molar-refractivity contribution in [2.75, 3.05) is 13.6 Å². The fraction of sp³-hybridized carbons (Fsp3) is 0.269. The zero-order valence-corrected chi connectivity index (χ0v) is 21.4. The minimum absolute atomic E-state index is 0.0552. The Labute approximate surface area is 216 Å². The number of carbonyl (C=O) groups is 2. The quantitative estimate of drug-likeness (QED) is 0.135. The summed E-state index contributed by atoms with van der Waals surface area (Å²) in [7, 11) is -2.56. The molecule has 0 fully saturated rings. The number of rotatable bonds is 12. The molecule has 11 heteroatoms. The van der Waals surface area contributed by atoms with Crippen molar-refractivity contribution in [1.29, 1.82) is 0 Å². The molecule has 0 aromatic heterocycles. The second-order valence-electron chi connectivity index (χ2n) is 8.48. The molecule has 0 heterocycles. The average molecular weight is 525 g/mol. The summed E-state index contributed by atoms with van der Waals surface area (Å²) in [4.78, 5) is 29.3. The molecule has 7 N–H and O–H groups in total. The number of nitrogens with zero attached hydrogens (tertiary/aromatic N) is 1. The van der Waals surface area contributed by atoms with E-state index in [1.54, 1.807) is 18.2 Å². The van der Waals surface area contributed by atoms with Crippen LogP contribution in [0.25, 0.3) is 10.8 Å². The van der Waals surface area contributed by atoms with Gasteiger partial charge < -0.3 is 22.1 Å². The van der Waals surface area contributed by atoms with E-state index in [-0.39, 0.29) is 23.7 Å². The molecular formula is C26H32N6O4S. The summed E-state index contributed by atoms with van der Waals surface area (Å²) in [6, 6.07) is 18.9. The van der Waals surface area contributed by atoms with Gasteiger partial charge in [-0.2, -0.15) is 4.72 Å². The summed E-state index contributed by atoms with van der Waals surface area (Å²) in [6.45, 7) is 0.367. The first kappa shape index (κ1) is 27.6. The minimum Gasteiger partial charge on any atom is -0.370 e. The molecule has 3 rings (SSSR count). The number of carbonyl (C=O) groups excluding carboxylic acids is 2. The van der Waals surface area contributed by atoms with E-state index in [1.165, 1.54) is 13.1 Å². The molecule has 0 saturated carbocycles. The molecule has 3 aromatic carbocycles. The van der Waals surface area contributed by atoms with Crippen molar-refractivity contribution in [2.45, 2.75) is 36.2 Å². The highest BCUT2D eigenvalue weighted by molar-refractivity contribution is 7.89. The normalized spacial score (nSPS) is 13.6. The van der Waals surface area contributed by atoms with Crippen LogP contribution >= 0.6 is 0 Å². The molecule has 10 nitrogen and oxygen atoms in total. The molecule has 0 radical (unpaired) electrons. The second kappa shape index (κ2) is 12.8. The maximum absolute atomic E-state index is 13.4. The van der Waals surface area contributed by atoms with Gasteiger partial charge in [0.1, 0.15) is 12.1 Å². The Hall–Kier alpha value is -3.96. The second-order valence-corrected chi connectivity index (χ2v) is 10.2. The van der Waals surface area contributed by atoms with E-state index in [9.17, 15) is 18.0 Å². The fourth-order valence-electron chi connectivity index (χ4n) is 3.87. The van der Waals surface area contributed by atoms with Crippen LogP contribution in [0.15, 0.2) is 82.7 Å². The molecule has 3 aromatic rings. The first-order valence-corrected chi connectivity index (χ1v) is 13.3. The Balaban J connectivity index is 1.83. The Bertz CT molecular complexity index is 1360. The molecule has 2 amide bonds. The van der Waals surface area contributed by atoms with Gasteiger partial charge in [-0.15, -0.1) is 0 Å². The largest absolute Gasteiger partial charge is 0.370 e. The first-order valence-electron chi connectivity index (χ1n) is 11.8. The van der Waals surface area contributed by atoms with Crippen LogP contribution in [0.2, 0.25) is 0 Å². The van der Waals surface area contributed by atoms with Crippen LogP contribution in [0.3, 0.4) is 0 Å². The molecule has 37 heavy (non-hydrogen) atoms. The van der Waals surface area contributed by atoms with Gasteiger partial charge in [0.05, 0.1) is 4.90 Å². The van der Waals surface area contributed by atoms with Crippen molar-refractivity contribution in [3.63, 3.8) is 0 Å². The maximum atomic E-state index is 13.4. The van der Waals surface area contributed by atoms with Crippen LogP contribution in [0.4, 0.5) is 0 Å². The molecule has 0 aliphatic carbocycles. The summed E-state index contributed by atoms with van der Waals surface area (Å²) >= 11 is 0. The number of benzene rings is 3. The Morgan fingerprint density at radius 1 is 0.919 bits per heavy atom. The number of fused-ring (bicyclic) bond motifs is 1. The van der Waals surface area contributed by atoms with Gasteiger partial charge in [-0.05, 0) is 29.9 Å². The third-order valence-corrected chi connectivity index (χ3v) is 7.34. The standard InChI is InChI=1S/C26H32N6O4S/c1-29-26(28)30-16-8-14-21(25(34)31-22(24(27)33)17-18-9-3-2-4-10-18)32-37(35,36)23-15-7-12-19-11-5-6-13-20(19)23/h2-7,9-13,15,21-22,32H,8,14,16-17H2,1H3,(H2,27,33)(H,31,34)(H3,28,29,30)/t21-,22+/m1/s1. The number of nitrogens with two attached hydrogens (primary N) is 2. The van der Waals surface area contributed by atoms with Crippen molar-refractivity contribution in [1.82, 2.24) is 15.4 Å². The lowest BCUT2D eigenvalue weighted by molar-refractivity contribution is -0.128. The van der Waals surface area contributed by atoms with E-state index >= 15 is 0 Å². The number of guanidine groups is 1. The number of amides is 2. The van der Waals surface area contributed by atoms with Crippen molar-refractivity contribution in [3.8, 4) is 0 Å². The molecule has 2 atom stereocenters.